The molecule has 0 aliphatic carbocycles. The molecular weight excluding hydrogens is 252 g/mol. The Balaban J connectivity index is 1.91. The lowest BCUT2D eigenvalue weighted by Gasteiger charge is -2.24. The van der Waals surface area contributed by atoms with Gasteiger partial charge in [-0.1, -0.05) is 30.3 Å². The zero-order chi connectivity index (χ0) is 14.4. The highest BCUT2D eigenvalue weighted by Crippen LogP contribution is 2.07. The summed E-state index contributed by atoms with van der Waals surface area (Å²) >= 11 is 0. The van der Waals surface area contributed by atoms with Crippen molar-refractivity contribution in [1.82, 2.24) is 10.2 Å². The minimum atomic E-state index is -0.171. The Morgan fingerprint density at radius 3 is 2.55 bits per heavy atom. The van der Waals surface area contributed by atoms with E-state index >= 15 is 0 Å². The molecule has 1 aromatic carbocycles. The monoisotopic (exact) mass is 272 g/mol. The Bertz CT molecular complexity index is 521. The molecule has 0 spiro atoms. The molecule has 20 heavy (non-hydrogen) atoms. The van der Waals surface area contributed by atoms with E-state index in [0.29, 0.717) is 12.3 Å². The SMILES string of the molecule is CN(C)[C@@H](CNC(=O)c1ccco1)Cc1ccccc1. The molecule has 1 heterocycles. The van der Waals surface area contributed by atoms with Crippen LogP contribution in [0.4, 0.5) is 0 Å². The van der Waals surface area contributed by atoms with Crippen molar-refractivity contribution in [3.05, 3.63) is 60.1 Å². The highest BCUT2D eigenvalue weighted by Gasteiger charge is 2.15. The van der Waals surface area contributed by atoms with E-state index < -0.39 is 0 Å². The number of amides is 1. The second-order valence-electron chi connectivity index (χ2n) is 4.99. The number of carbonyl (C=O) groups excluding carboxylic acids is 1. The standard InChI is InChI=1S/C16H20N2O2/c1-18(2)14(11-13-7-4-3-5-8-13)12-17-16(19)15-9-6-10-20-15/h3-10,14H,11-12H2,1-2H3,(H,17,19)/t14-/m1/s1. The van der Waals surface area contributed by atoms with E-state index in [4.69, 9.17) is 4.42 Å². The Hall–Kier alpha value is -2.07. The maximum absolute atomic E-state index is 11.9. The van der Waals surface area contributed by atoms with Gasteiger partial charge >= 0.3 is 0 Å². The van der Waals surface area contributed by atoms with Gasteiger partial charge in [0.05, 0.1) is 6.26 Å². The molecule has 2 aromatic rings. The summed E-state index contributed by atoms with van der Waals surface area (Å²) in [6, 6.07) is 13.9. The van der Waals surface area contributed by atoms with Crippen LogP contribution in [0, 0.1) is 0 Å². The minimum Gasteiger partial charge on any atom is -0.459 e. The van der Waals surface area contributed by atoms with E-state index in [9.17, 15) is 4.79 Å². The third kappa shape index (κ3) is 3.96. The first kappa shape index (κ1) is 14.3. The fourth-order valence-electron chi connectivity index (χ4n) is 2.03. The van der Waals surface area contributed by atoms with Crippen molar-refractivity contribution in [2.45, 2.75) is 12.5 Å². The van der Waals surface area contributed by atoms with Gasteiger partial charge in [0, 0.05) is 12.6 Å². The molecule has 0 aliphatic rings. The molecule has 0 bridgehead atoms. The molecule has 0 radical (unpaired) electrons. The number of rotatable bonds is 6. The van der Waals surface area contributed by atoms with Gasteiger partial charge in [-0.25, -0.2) is 0 Å². The number of nitrogens with zero attached hydrogens (tertiary/aromatic N) is 1. The van der Waals surface area contributed by atoms with Gasteiger partial charge in [0.15, 0.2) is 5.76 Å². The summed E-state index contributed by atoms with van der Waals surface area (Å²) < 4.78 is 5.08. The molecule has 1 atom stereocenters. The number of hydrogen-bond acceptors (Lipinski definition) is 3. The van der Waals surface area contributed by atoms with Gasteiger partial charge in [-0.2, -0.15) is 0 Å². The fraction of sp³-hybridized carbons (Fsp3) is 0.312. The second kappa shape index (κ2) is 6.91. The molecule has 1 amide bonds. The molecular formula is C16H20N2O2. The van der Waals surface area contributed by atoms with Crippen LogP contribution in [-0.2, 0) is 6.42 Å². The number of hydrogen-bond donors (Lipinski definition) is 1. The fourth-order valence-corrected chi connectivity index (χ4v) is 2.03. The van der Waals surface area contributed by atoms with Gasteiger partial charge < -0.3 is 14.6 Å². The van der Waals surface area contributed by atoms with Crippen LogP contribution in [-0.4, -0.2) is 37.5 Å². The van der Waals surface area contributed by atoms with E-state index in [2.05, 4.69) is 22.3 Å². The van der Waals surface area contributed by atoms with Gasteiger partial charge in [0.25, 0.3) is 5.91 Å². The first-order valence-electron chi connectivity index (χ1n) is 6.69. The first-order valence-corrected chi connectivity index (χ1v) is 6.69. The van der Waals surface area contributed by atoms with Crippen LogP contribution in [0.5, 0.6) is 0 Å². The number of carbonyl (C=O) groups is 1. The van der Waals surface area contributed by atoms with Gasteiger partial charge in [-0.15, -0.1) is 0 Å². The maximum atomic E-state index is 11.9. The molecule has 0 unspecified atom stereocenters. The van der Waals surface area contributed by atoms with Gasteiger partial charge in [0.2, 0.25) is 0 Å². The Morgan fingerprint density at radius 2 is 1.95 bits per heavy atom. The van der Waals surface area contributed by atoms with E-state index in [-0.39, 0.29) is 11.9 Å². The predicted octanol–water partition coefficient (Wildman–Crippen LogP) is 2.18. The molecule has 106 valence electrons. The summed E-state index contributed by atoms with van der Waals surface area (Å²) in [5, 5.41) is 2.91. The largest absolute Gasteiger partial charge is 0.459 e. The summed E-state index contributed by atoms with van der Waals surface area (Å²) in [5.41, 5.74) is 1.26. The molecule has 4 heteroatoms. The second-order valence-corrected chi connectivity index (χ2v) is 4.99. The van der Waals surface area contributed by atoms with Crippen LogP contribution < -0.4 is 5.32 Å². The Labute approximate surface area is 119 Å². The lowest BCUT2D eigenvalue weighted by atomic mass is 10.1. The number of benzene rings is 1. The van der Waals surface area contributed by atoms with E-state index in [1.54, 1.807) is 12.1 Å². The molecule has 4 nitrogen and oxygen atoms in total. The van der Waals surface area contributed by atoms with Crippen molar-refractivity contribution in [2.75, 3.05) is 20.6 Å². The third-order valence-electron chi connectivity index (χ3n) is 3.29. The molecule has 0 fully saturated rings. The number of nitrogens with one attached hydrogen (secondary N) is 1. The number of likely N-dealkylation sites (N-methyl/N-ethyl adjacent to an activating group) is 1. The van der Waals surface area contributed by atoms with Crippen molar-refractivity contribution in [3.63, 3.8) is 0 Å². The normalized spacial score (nSPS) is 12.3. The lowest BCUT2D eigenvalue weighted by molar-refractivity contribution is 0.0914. The smallest absolute Gasteiger partial charge is 0.287 e. The maximum Gasteiger partial charge on any atom is 0.287 e. The lowest BCUT2D eigenvalue weighted by Crippen LogP contribution is -2.41. The number of furan rings is 1. The quantitative estimate of drug-likeness (QED) is 0.876. The predicted molar refractivity (Wildman–Crippen MR) is 78.7 cm³/mol. The topological polar surface area (TPSA) is 45.5 Å². The Kier molecular flexibility index (Phi) is 4.96. The molecule has 1 aromatic heterocycles. The summed E-state index contributed by atoms with van der Waals surface area (Å²) in [4.78, 5) is 14.0. The van der Waals surface area contributed by atoms with Crippen LogP contribution in [0.2, 0.25) is 0 Å². The Morgan fingerprint density at radius 1 is 1.20 bits per heavy atom. The third-order valence-corrected chi connectivity index (χ3v) is 3.29. The van der Waals surface area contributed by atoms with Crippen molar-refractivity contribution in [3.8, 4) is 0 Å². The average molecular weight is 272 g/mol. The summed E-state index contributed by atoms with van der Waals surface area (Å²) in [6.07, 6.45) is 2.40. The summed E-state index contributed by atoms with van der Waals surface area (Å²) in [7, 11) is 4.04. The van der Waals surface area contributed by atoms with Crippen molar-refractivity contribution < 1.29 is 9.21 Å². The van der Waals surface area contributed by atoms with Gasteiger partial charge in [-0.05, 0) is 38.2 Å². The molecule has 0 saturated heterocycles. The van der Waals surface area contributed by atoms with Gasteiger partial charge in [0.1, 0.15) is 0 Å². The summed E-state index contributed by atoms with van der Waals surface area (Å²) in [5.74, 6) is 0.178. The van der Waals surface area contributed by atoms with E-state index in [1.807, 2.05) is 32.3 Å². The van der Waals surface area contributed by atoms with Crippen LogP contribution in [0.15, 0.2) is 53.1 Å². The highest BCUT2D eigenvalue weighted by atomic mass is 16.3. The molecule has 2 rings (SSSR count). The highest BCUT2D eigenvalue weighted by molar-refractivity contribution is 5.91. The molecule has 0 aliphatic heterocycles. The summed E-state index contributed by atoms with van der Waals surface area (Å²) in [6.45, 7) is 0.585. The van der Waals surface area contributed by atoms with Crippen LogP contribution in [0.3, 0.4) is 0 Å². The molecule has 0 saturated carbocycles. The van der Waals surface area contributed by atoms with Gasteiger partial charge in [-0.3, -0.25) is 4.79 Å². The molecule has 1 N–H and O–H groups in total. The average Bonchev–Trinajstić information content (AvgIpc) is 2.98. The minimum absolute atomic E-state index is 0.171. The van der Waals surface area contributed by atoms with E-state index in [1.165, 1.54) is 11.8 Å². The van der Waals surface area contributed by atoms with Crippen LogP contribution >= 0.6 is 0 Å². The van der Waals surface area contributed by atoms with Crippen molar-refractivity contribution in [2.24, 2.45) is 0 Å². The van der Waals surface area contributed by atoms with Crippen LogP contribution in [0.1, 0.15) is 16.1 Å². The zero-order valence-corrected chi connectivity index (χ0v) is 11.9. The first-order chi connectivity index (χ1) is 9.66. The van der Waals surface area contributed by atoms with Crippen LogP contribution in [0.25, 0.3) is 0 Å². The van der Waals surface area contributed by atoms with Crippen molar-refractivity contribution in [1.29, 1.82) is 0 Å². The van der Waals surface area contributed by atoms with Crippen molar-refractivity contribution >= 4 is 5.91 Å². The zero-order valence-electron chi connectivity index (χ0n) is 11.9. The van der Waals surface area contributed by atoms with E-state index in [0.717, 1.165) is 6.42 Å².